The highest BCUT2D eigenvalue weighted by atomic mass is 32.2. The van der Waals surface area contributed by atoms with Crippen LogP contribution < -0.4 is 18.9 Å². The fraction of sp³-hybridized carbons (Fsp3) is 0.143. The number of hydrogen-bond acceptors (Lipinski definition) is 7. The van der Waals surface area contributed by atoms with Crippen LogP contribution in [0.3, 0.4) is 0 Å². The van der Waals surface area contributed by atoms with Gasteiger partial charge in [-0.1, -0.05) is 146 Å². The molecule has 0 unspecified atom stereocenters. The summed E-state index contributed by atoms with van der Waals surface area (Å²) in [6, 6.07) is 53.4. The van der Waals surface area contributed by atoms with Crippen LogP contribution in [-0.4, -0.2) is 28.4 Å². The quantitative estimate of drug-likeness (QED) is 0.0835. The Balaban J connectivity index is 1.60. The molecule has 0 aromatic heterocycles. The summed E-state index contributed by atoms with van der Waals surface area (Å²) >= 11 is 2.73. The molecule has 0 fully saturated rings. The zero-order chi connectivity index (χ0) is 34.1. The van der Waals surface area contributed by atoms with Gasteiger partial charge in [-0.05, 0) is 34.4 Å². The SMILES string of the molecule is COc1cccc(C(SOSC(c2ccccc2)(c2ccccc2)c2cccc(OC)c2OC)(c2ccccc2)c2ccccc2)c1OC. The second kappa shape index (κ2) is 15.6. The molecule has 0 amide bonds. The summed E-state index contributed by atoms with van der Waals surface area (Å²) in [7, 11) is 6.66. The van der Waals surface area contributed by atoms with E-state index in [1.165, 1.54) is 24.1 Å². The Labute approximate surface area is 297 Å². The fourth-order valence-corrected chi connectivity index (χ4v) is 8.76. The molecule has 248 valence electrons. The molecule has 49 heavy (non-hydrogen) atoms. The van der Waals surface area contributed by atoms with E-state index in [1.807, 2.05) is 97.1 Å². The van der Waals surface area contributed by atoms with E-state index in [1.54, 1.807) is 28.4 Å². The van der Waals surface area contributed by atoms with Gasteiger partial charge in [0.05, 0.1) is 28.4 Å². The molecule has 0 atom stereocenters. The molecular formula is C42H38O5S2. The average molecular weight is 687 g/mol. The standard InChI is InChI=1S/C42H38O5S2/c1-43-37-29-17-27-35(39(37)45-3)41(31-19-9-5-10-20-31,32-21-11-6-12-22-32)48-47-49-42(33-23-13-7-14-24-33,34-25-15-8-16-26-34)36-28-18-30-38(44-2)40(36)46-4/h5-30H,1-4H3. The smallest absolute Gasteiger partial charge is 0.166 e. The molecular weight excluding hydrogens is 649 g/mol. The van der Waals surface area contributed by atoms with Crippen molar-refractivity contribution in [3.63, 3.8) is 0 Å². The van der Waals surface area contributed by atoms with E-state index in [-0.39, 0.29) is 0 Å². The molecule has 0 heterocycles. The largest absolute Gasteiger partial charge is 0.493 e. The van der Waals surface area contributed by atoms with Gasteiger partial charge in [-0.2, -0.15) is 0 Å². The summed E-state index contributed by atoms with van der Waals surface area (Å²) in [6.07, 6.45) is 0. The van der Waals surface area contributed by atoms with Gasteiger partial charge < -0.3 is 18.9 Å². The molecule has 0 aliphatic heterocycles. The molecule has 0 bridgehead atoms. The van der Waals surface area contributed by atoms with Crippen molar-refractivity contribution in [3.05, 3.63) is 191 Å². The zero-order valence-corrected chi connectivity index (χ0v) is 29.5. The van der Waals surface area contributed by atoms with Crippen LogP contribution in [0.15, 0.2) is 158 Å². The minimum Gasteiger partial charge on any atom is -0.493 e. The summed E-state index contributed by atoms with van der Waals surface area (Å²) in [5.74, 6) is 2.53. The number of para-hydroxylation sites is 2. The maximum absolute atomic E-state index is 7.08. The normalized spacial score (nSPS) is 11.5. The summed E-state index contributed by atoms with van der Waals surface area (Å²) in [5.41, 5.74) is 5.84. The van der Waals surface area contributed by atoms with Crippen molar-refractivity contribution in [1.29, 1.82) is 0 Å². The average Bonchev–Trinajstić information content (AvgIpc) is 3.19. The van der Waals surface area contributed by atoms with E-state index in [0.29, 0.717) is 23.0 Å². The molecule has 0 radical (unpaired) electrons. The Kier molecular flexibility index (Phi) is 10.8. The highest BCUT2D eigenvalue weighted by Gasteiger charge is 2.46. The summed E-state index contributed by atoms with van der Waals surface area (Å²) < 4.78 is 29.1. The monoisotopic (exact) mass is 686 g/mol. The highest BCUT2D eigenvalue weighted by Crippen LogP contribution is 2.59. The number of methoxy groups -OCH3 is 4. The first-order valence-electron chi connectivity index (χ1n) is 15.8. The summed E-state index contributed by atoms with van der Waals surface area (Å²) in [6.45, 7) is 0. The molecule has 0 aliphatic carbocycles. The molecule has 0 spiro atoms. The van der Waals surface area contributed by atoms with E-state index in [4.69, 9.17) is 22.6 Å². The van der Waals surface area contributed by atoms with Crippen LogP contribution in [-0.2, 0) is 13.1 Å². The van der Waals surface area contributed by atoms with Crippen molar-refractivity contribution < 1.29 is 22.6 Å². The van der Waals surface area contributed by atoms with Gasteiger partial charge >= 0.3 is 0 Å². The van der Waals surface area contributed by atoms with Crippen molar-refractivity contribution in [1.82, 2.24) is 0 Å². The van der Waals surface area contributed by atoms with E-state index in [2.05, 4.69) is 60.7 Å². The van der Waals surface area contributed by atoms with E-state index >= 15 is 0 Å². The van der Waals surface area contributed by atoms with Gasteiger partial charge in [-0.15, -0.1) is 0 Å². The van der Waals surface area contributed by atoms with Crippen molar-refractivity contribution >= 4 is 24.1 Å². The number of rotatable bonds is 14. The Bertz CT molecular complexity index is 1720. The Morgan fingerprint density at radius 3 is 0.918 bits per heavy atom. The van der Waals surface area contributed by atoms with Gasteiger partial charge in [-0.25, -0.2) is 3.63 Å². The van der Waals surface area contributed by atoms with Gasteiger partial charge in [0.25, 0.3) is 0 Å². The lowest BCUT2D eigenvalue weighted by molar-refractivity contribution is 0.350. The van der Waals surface area contributed by atoms with Gasteiger partial charge in [0.1, 0.15) is 9.49 Å². The van der Waals surface area contributed by atoms with Crippen molar-refractivity contribution in [3.8, 4) is 23.0 Å². The van der Waals surface area contributed by atoms with Gasteiger partial charge in [0.2, 0.25) is 0 Å². The second-order valence-electron chi connectivity index (χ2n) is 11.1. The number of hydrogen-bond donors (Lipinski definition) is 0. The Morgan fingerprint density at radius 1 is 0.347 bits per heavy atom. The zero-order valence-electron chi connectivity index (χ0n) is 27.9. The molecule has 6 rings (SSSR count). The molecule has 0 aliphatic rings. The Morgan fingerprint density at radius 2 is 0.653 bits per heavy atom. The predicted molar refractivity (Wildman–Crippen MR) is 201 cm³/mol. The Hall–Kier alpha value is -4.82. The topological polar surface area (TPSA) is 46.2 Å². The van der Waals surface area contributed by atoms with Crippen molar-refractivity contribution in [2.45, 2.75) is 9.49 Å². The highest BCUT2D eigenvalue weighted by molar-refractivity contribution is 8.09. The van der Waals surface area contributed by atoms with Crippen molar-refractivity contribution in [2.24, 2.45) is 0 Å². The van der Waals surface area contributed by atoms with Crippen LogP contribution in [0.2, 0.25) is 0 Å². The van der Waals surface area contributed by atoms with Gasteiger partial charge in [0, 0.05) is 35.2 Å². The lowest BCUT2D eigenvalue weighted by Gasteiger charge is -2.38. The molecule has 5 nitrogen and oxygen atoms in total. The molecule has 6 aromatic rings. The van der Waals surface area contributed by atoms with E-state index in [9.17, 15) is 0 Å². The molecule has 0 N–H and O–H groups in total. The fourth-order valence-electron chi connectivity index (χ4n) is 6.38. The van der Waals surface area contributed by atoms with E-state index < -0.39 is 9.49 Å². The summed E-state index contributed by atoms with van der Waals surface area (Å²) in [4.78, 5) is 0. The third-order valence-corrected chi connectivity index (χ3v) is 11.0. The first-order chi connectivity index (χ1) is 24.1. The third-order valence-electron chi connectivity index (χ3n) is 8.60. The van der Waals surface area contributed by atoms with Crippen LogP contribution in [0.1, 0.15) is 33.4 Å². The van der Waals surface area contributed by atoms with Crippen molar-refractivity contribution in [2.75, 3.05) is 28.4 Å². The summed E-state index contributed by atoms with van der Waals surface area (Å²) in [5, 5.41) is 0. The van der Waals surface area contributed by atoms with Crippen LogP contribution in [0.4, 0.5) is 0 Å². The van der Waals surface area contributed by atoms with E-state index in [0.717, 1.165) is 33.4 Å². The molecule has 7 heteroatoms. The first kappa shape index (κ1) is 34.1. The maximum atomic E-state index is 7.08. The first-order valence-corrected chi connectivity index (χ1v) is 17.3. The lowest BCUT2D eigenvalue weighted by Crippen LogP contribution is -2.29. The van der Waals surface area contributed by atoms with Gasteiger partial charge in [0.15, 0.2) is 23.0 Å². The van der Waals surface area contributed by atoms with Crippen LogP contribution in [0.25, 0.3) is 0 Å². The van der Waals surface area contributed by atoms with Crippen LogP contribution in [0, 0.1) is 0 Å². The molecule has 6 aromatic carbocycles. The number of ether oxygens (including phenoxy) is 4. The molecule has 0 saturated heterocycles. The minimum atomic E-state index is -0.882. The molecule has 0 saturated carbocycles. The predicted octanol–water partition coefficient (Wildman–Crippen LogP) is 10.3. The minimum absolute atomic E-state index is 0.630. The third kappa shape index (κ3) is 6.37. The van der Waals surface area contributed by atoms with Crippen LogP contribution in [0.5, 0.6) is 23.0 Å². The lowest BCUT2D eigenvalue weighted by atomic mass is 9.83. The maximum Gasteiger partial charge on any atom is 0.166 e. The number of benzene rings is 6. The second-order valence-corrected chi connectivity index (χ2v) is 13.2. The van der Waals surface area contributed by atoms with Crippen LogP contribution >= 0.6 is 24.1 Å². The van der Waals surface area contributed by atoms with Gasteiger partial charge in [-0.3, -0.25) is 0 Å².